The molecule has 3 heterocycles. The highest BCUT2D eigenvalue weighted by Gasteiger charge is 2.21. The standard InChI is InChI=1S/C15H20N4O2/c1-2-19-7-5-12(6-8-19)18-15(20)14-4-3-13(21-14)11-9-16-17-10-11/h3-4,9-10,12H,2,5-8H2,1H3,(H,16,17)(H,18,20). The first-order valence-corrected chi connectivity index (χ1v) is 7.38. The average molecular weight is 288 g/mol. The molecule has 0 bridgehead atoms. The number of hydrogen-bond acceptors (Lipinski definition) is 4. The van der Waals surface area contributed by atoms with Crippen LogP contribution in [0.5, 0.6) is 0 Å². The fourth-order valence-corrected chi connectivity index (χ4v) is 2.65. The number of hydrogen-bond donors (Lipinski definition) is 2. The zero-order chi connectivity index (χ0) is 14.7. The number of H-pyrrole nitrogens is 1. The summed E-state index contributed by atoms with van der Waals surface area (Å²) in [4.78, 5) is 14.6. The lowest BCUT2D eigenvalue weighted by molar-refractivity contribution is 0.0885. The van der Waals surface area contributed by atoms with Crippen LogP contribution in [0.1, 0.15) is 30.3 Å². The van der Waals surface area contributed by atoms with Crippen LogP contribution in [-0.4, -0.2) is 46.7 Å². The summed E-state index contributed by atoms with van der Waals surface area (Å²) in [5.74, 6) is 0.860. The van der Waals surface area contributed by atoms with Gasteiger partial charge in [-0.3, -0.25) is 9.89 Å². The maximum Gasteiger partial charge on any atom is 0.287 e. The van der Waals surface area contributed by atoms with Crippen molar-refractivity contribution >= 4 is 5.91 Å². The number of amides is 1. The molecule has 1 amide bonds. The number of furan rings is 1. The van der Waals surface area contributed by atoms with Crippen LogP contribution >= 0.6 is 0 Å². The number of aromatic nitrogens is 2. The minimum atomic E-state index is -0.139. The van der Waals surface area contributed by atoms with Crippen LogP contribution in [0.3, 0.4) is 0 Å². The molecule has 21 heavy (non-hydrogen) atoms. The Hall–Kier alpha value is -2.08. The molecule has 1 fully saturated rings. The van der Waals surface area contributed by atoms with Gasteiger partial charge in [-0.1, -0.05) is 6.92 Å². The van der Waals surface area contributed by atoms with E-state index in [1.165, 1.54) is 0 Å². The van der Waals surface area contributed by atoms with Gasteiger partial charge in [0.05, 0.1) is 11.8 Å². The Morgan fingerprint density at radius 3 is 2.95 bits per heavy atom. The second-order valence-corrected chi connectivity index (χ2v) is 5.33. The van der Waals surface area contributed by atoms with Gasteiger partial charge in [-0.2, -0.15) is 5.10 Å². The van der Waals surface area contributed by atoms with Crippen LogP contribution in [0.25, 0.3) is 11.3 Å². The second kappa shape index (κ2) is 6.13. The third-order valence-electron chi connectivity index (χ3n) is 3.98. The van der Waals surface area contributed by atoms with E-state index < -0.39 is 0 Å². The molecule has 2 N–H and O–H groups in total. The summed E-state index contributed by atoms with van der Waals surface area (Å²) < 4.78 is 5.59. The van der Waals surface area contributed by atoms with E-state index in [0.717, 1.165) is 38.0 Å². The van der Waals surface area contributed by atoms with Gasteiger partial charge in [0.15, 0.2) is 5.76 Å². The Bertz CT molecular complexity index is 583. The number of nitrogens with one attached hydrogen (secondary N) is 2. The molecular formula is C15H20N4O2. The summed E-state index contributed by atoms with van der Waals surface area (Å²) in [6.45, 7) is 5.33. The van der Waals surface area contributed by atoms with E-state index >= 15 is 0 Å². The van der Waals surface area contributed by atoms with Crippen molar-refractivity contribution in [3.63, 3.8) is 0 Å². The molecule has 3 rings (SSSR count). The van der Waals surface area contributed by atoms with E-state index in [1.807, 2.05) is 0 Å². The SMILES string of the molecule is CCN1CCC(NC(=O)c2ccc(-c3cn[nH]c3)o2)CC1. The number of nitrogens with zero attached hydrogens (tertiary/aromatic N) is 2. The van der Waals surface area contributed by atoms with Gasteiger partial charge in [-0.25, -0.2) is 0 Å². The number of carbonyl (C=O) groups is 1. The fraction of sp³-hybridized carbons (Fsp3) is 0.467. The largest absolute Gasteiger partial charge is 0.451 e. The fourth-order valence-electron chi connectivity index (χ4n) is 2.65. The Morgan fingerprint density at radius 1 is 1.48 bits per heavy atom. The lowest BCUT2D eigenvalue weighted by Gasteiger charge is -2.31. The van der Waals surface area contributed by atoms with Crippen molar-refractivity contribution < 1.29 is 9.21 Å². The van der Waals surface area contributed by atoms with Crippen LogP contribution in [0.2, 0.25) is 0 Å². The number of rotatable bonds is 4. The Kier molecular flexibility index (Phi) is 4.06. The van der Waals surface area contributed by atoms with Gasteiger partial charge >= 0.3 is 0 Å². The van der Waals surface area contributed by atoms with Crippen LogP contribution in [0.15, 0.2) is 28.9 Å². The highest BCUT2D eigenvalue weighted by Crippen LogP contribution is 2.21. The van der Waals surface area contributed by atoms with E-state index in [2.05, 4.69) is 27.3 Å². The topological polar surface area (TPSA) is 74.2 Å². The molecule has 6 nitrogen and oxygen atoms in total. The Labute approximate surface area is 123 Å². The Morgan fingerprint density at radius 2 is 2.29 bits per heavy atom. The summed E-state index contributed by atoms with van der Waals surface area (Å²) in [7, 11) is 0. The molecule has 1 saturated heterocycles. The molecule has 2 aromatic heterocycles. The second-order valence-electron chi connectivity index (χ2n) is 5.33. The Balaban J connectivity index is 1.59. The van der Waals surface area contributed by atoms with E-state index in [9.17, 15) is 4.79 Å². The summed E-state index contributed by atoms with van der Waals surface area (Å²) in [6, 6.07) is 3.74. The average Bonchev–Trinajstić information content (AvgIpc) is 3.19. The molecule has 0 atom stereocenters. The van der Waals surface area contributed by atoms with Gasteiger partial charge < -0.3 is 14.6 Å². The molecule has 112 valence electrons. The minimum absolute atomic E-state index is 0.139. The zero-order valence-corrected chi connectivity index (χ0v) is 12.1. The summed E-state index contributed by atoms with van der Waals surface area (Å²) in [6.07, 6.45) is 5.39. The molecule has 0 aromatic carbocycles. The zero-order valence-electron chi connectivity index (χ0n) is 12.1. The molecule has 1 aliphatic rings. The number of piperidine rings is 1. The smallest absolute Gasteiger partial charge is 0.287 e. The van der Waals surface area contributed by atoms with Crippen molar-refractivity contribution in [3.05, 3.63) is 30.3 Å². The van der Waals surface area contributed by atoms with Crippen LogP contribution in [0.4, 0.5) is 0 Å². The predicted molar refractivity (Wildman–Crippen MR) is 78.9 cm³/mol. The first-order chi connectivity index (χ1) is 10.3. The van der Waals surface area contributed by atoms with Crippen molar-refractivity contribution in [3.8, 4) is 11.3 Å². The van der Waals surface area contributed by atoms with Crippen molar-refractivity contribution in [2.45, 2.75) is 25.8 Å². The molecule has 6 heteroatoms. The molecule has 2 aromatic rings. The third-order valence-corrected chi connectivity index (χ3v) is 3.98. The van der Waals surface area contributed by atoms with Crippen molar-refractivity contribution in [2.75, 3.05) is 19.6 Å². The van der Waals surface area contributed by atoms with E-state index in [1.54, 1.807) is 24.5 Å². The highest BCUT2D eigenvalue weighted by molar-refractivity contribution is 5.92. The van der Waals surface area contributed by atoms with Gasteiger partial charge in [0, 0.05) is 25.3 Å². The number of aromatic amines is 1. The van der Waals surface area contributed by atoms with Crippen molar-refractivity contribution in [1.29, 1.82) is 0 Å². The number of likely N-dealkylation sites (tertiary alicyclic amines) is 1. The highest BCUT2D eigenvalue weighted by atomic mass is 16.3. The maximum absolute atomic E-state index is 12.2. The molecule has 0 spiro atoms. The molecule has 0 radical (unpaired) electrons. The van der Waals surface area contributed by atoms with Crippen LogP contribution < -0.4 is 5.32 Å². The summed E-state index contributed by atoms with van der Waals surface area (Å²) in [5.41, 5.74) is 0.838. The lowest BCUT2D eigenvalue weighted by atomic mass is 10.1. The molecule has 0 unspecified atom stereocenters. The van der Waals surface area contributed by atoms with Crippen molar-refractivity contribution in [1.82, 2.24) is 20.4 Å². The normalized spacial score (nSPS) is 17.0. The summed E-state index contributed by atoms with van der Waals surface area (Å²) >= 11 is 0. The van der Waals surface area contributed by atoms with Gasteiger partial charge in [-0.05, 0) is 31.5 Å². The first kappa shape index (κ1) is 13.9. The molecule has 1 aliphatic heterocycles. The molecule has 0 saturated carbocycles. The number of carbonyl (C=O) groups excluding carboxylic acids is 1. The van der Waals surface area contributed by atoms with Crippen LogP contribution in [0, 0.1) is 0 Å². The minimum Gasteiger partial charge on any atom is -0.451 e. The van der Waals surface area contributed by atoms with Gasteiger partial charge in [0.1, 0.15) is 5.76 Å². The first-order valence-electron chi connectivity index (χ1n) is 7.38. The van der Waals surface area contributed by atoms with E-state index in [-0.39, 0.29) is 11.9 Å². The predicted octanol–water partition coefficient (Wildman–Crippen LogP) is 1.88. The van der Waals surface area contributed by atoms with Crippen LogP contribution in [-0.2, 0) is 0 Å². The van der Waals surface area contributed by atoms with Crippen molar-refractivity contribution in [2.24, 2.45) is 0 Å². The third kappa shape index (κ3) is 3.16. The molecular weight excluding hydrogens is 268 g/mol. The quantitative estimate of drug-likeness (QED) is 0.901. The molecule has 0 aliphatic carbocycles. The van der Waals surface area contributed by atoms with E-state index in [0.29, 0.717) is 11.5 Å². The monoisotopic (exact) mass is 288 g/mol. The summed E-state index contributed by atoms with van der Waals surface area (Å²) in [5, 5.41) is 9.65. The maximum atomic E-state index is 12.2. The van der Waals surface area contributed by atoms with Gasteiger partial charge in [0.25, 0.3) is 5.91 Å². The lowest BCUT2D eigenvalue weighted by Crippen LogP contribution is -2.44. The van der Waals surface area contributed by atoms with E-state index in [4.69, 9.17) is 4.42 Å². The van der Waals surface area contributed by atoms with Gasteiger partial charge in [-0.15, -0.1) is 0 Å². The van der Waals surface area contributed by atoms with Gasteiger partial charge in [0.2, 0.25) is 0 Å².